The van der Waals surface area contributed by atoms with Crippen LogP contribution in [0.2, 0.25) is 0 Å². The second-order valence-corrected chi connectivity index (χ2v) is 8.53. The molecule has 1 aromatic carbocycles. The molecule has 1 atom stereocenters. The third-order valence-electron chi connectivity index (χ3n) is 5.81. The molecule has 2 heterocycles. The Morgan fingerprint density at radius 2 is 1.92 bits per heavy atom. The summed E-state index contributed by atoms with van der Waals surface area (Å²) in [6, 6.07) is 9.85. The Kier molecular flexibility index (Phi) is 5.77. The van der Waals surface area contributed by atoms with E-state index in [1.807, 2.05) is 13.1 Å². The smallest absolute Gasteiger partial charge is 0.197 e. The minimum Gasteiger partial charge on any atom is -0.446 e. The summed E-state index contributed by atoms with van der Waals surface area (Å²) in [6.45, 7) is 4.72. The number of rotatable bonds is 4. The number of hydrogen-bond acceptors (Lipinski definition) is 4. The lowest BCUT2D eigenvalue weighted by atomic mass is 9.84. The Hall–Kier alpha value is -1.17. The maximum Gasteiger partial charge on any atom is 0.197 e. The zero-order valence-corrected chi connectivity index (χ0v) is 17.0. The Bertz CT molecular complexity index is 707. The van der Waals surface area contributed by atoms with Gasteiger partial charge in [0.1, 0.15) is 5.76 Å². The van der Waals surface area contributed by atoms with E-state index in [0.29, 0.717) is 18.0 Å². The Balaban J connectivity index is 1.38. The van der Waals surface area contributed by atoms with Gasteiger partial charge in [-0.25, -0.2) is 4.98 Å². The fraction of sp³-hybridized carbons (Fsp3) is 0.571. The maximum atomic E-state index is 5.82. The van der Waals surface area contributed by atoms with E-state index in [2.05, 4.69) is 50.1 Å². The summed E-state index contributed by atoms with van der Waals surface area (Å²) in [5.41, 5.74) is 1.39. The van der Waals surface area contributed by atoms with Gasteiger partial charge >= 0.3 is 0 Å². The zero-order valence-electron chi connectivity index (χ0n) is 15.4. The highest BCUT2D eigenvalue weighted by molar-refractivity contribution is 9.10. The second kappa shape index (κ2) is 8.24. The number of morpholine rings is 1. The third-order valence-corrected chi connectivity index (χ3v) is 6.34. The van der Waals surface area contributed by atoms with E-state index in [1.165, 1.54) is 31.2 Å². The van der Waals surface area contributed by atoms with E-state index in [1.54, 1.807) is 0 Å². The van der Waals surface area contributed by atoms with E-state index >= 15 is 0 Å². The predicted molar refractivity (Wildman–Crippen MR) is 105 cm³/mol. The molecule has 2 aliphatic rings. The quantitative estimate of drug-likeness (QED) is 0.719. The zero-order chi connectivity index (χ0) is 17.9. The summed E-state index contributed by atoms with van der Waals surface area (Å²) >= 11 is 3.52. The standard InChI is InChI=1S/C21H27BrN2O2/c1-15-13-23-21(26-15)17-4-8-19(9-5-17)24-10-11-25-14-20(24)12-16-2-6-18(22)7-3-16/h2-3,6-7,13,17,19-20H,4-5,8-12,14H2,1H3/t17?,19?,20-/m0/s1. The van der Waals surface area contributed by atoms with Crippen LogP contribution in [0.25, 0.3) is 0 Å². The molecule has 1 aromatic heterocycles. The van der Waals surface area contributed by atoms with Crippen molar-refractivity contribution in [3.05, 3.63) is 52.1 Å². The van der Waals surface area contributed by atoms with Gasteiger partial charge in [0.2, 0.25) is 0 Å². The van der Waals surface area contributed by atoms with E-state index in [9.17, 15) is 0 Å². The molecule has 0 bridgehead atoms. The van der Waals surface area contributed by atoms with Crippen molar-refractivity contribution in [2.75, 3.05) is 19.8 Å². The lowest BCUT2D eigenvalue weighted by Crippen LogP contribution is -2.52. The Labute approximate surface area is 164 Å². The largest absolute Gasteiger partial charge is 0.446 e. The van der Waals surface area contributed by atoms with Crippen LogP contribution < -0.4 is 0 Å². The molecular formula is C21H27BrN2O2. The Morgan fingerprint density at radius 3 is 2.62 bits per heavy atom. The normalized spacial score (nSPS) is 27.5. The molecule has 2 fully saturated rings. The first kappa shape index (κ1) is 18.2. The predicted octanol–water partition coefficient (Wildman–Crippen LogP) is 4.72. The average molecular weight is 419 g/mol. The molecule has 1 aliphatic heterocycles. The van der Waals surface area contributed by atoms with Crippen molar-refractivity contribution >= 4 is 15.9 Å². The van der Waals surface area contributed by atoms with Crippen molar-refractivity contribution in [3.63, 3.8) is 0 Å². The molecule has 140 valence electrons. The number of halogens is 1. The summed E-state index contributed by atoms with van der Waals surface area (Å²) in [5.74, 6) is 2.35. The molecule has 0 amide bonds. The first-order valence-electron chi connectivity index (χ1n) is 9.69. The van der Waals surface area contributed by atoms with Crippen molar-refractivity contribution in [2.24, 2.45) is 0 Å². The summed E-state index contributed by atoms with van der Waals surface area (Å²) in [6.07, 6.45) is 7.70. The molecule has 4 nitrogen and oxygen atoms in total. The van der Waals surface area contributed by atoms with Gasteiger partial charge in [-0.15, -0.1) is 0 Å². The van der Waals surface area contributed by atoms with Gasteiger partial charge in [0.15, 0.2) is 5.89 Å². The van der Waals surface area contributed by atoms with Crippen molar-refractivity contribution in [3.8, 4) is 0 Å². The van der Waals surface area contributed by atoms with Crippen LogP contribution in [-0.4, -0.2) is 41.7 Å². The van der Waals surface area contributed by atoms with Crippen LogP contribution in [0.4, 0.5) is 0 Å². The molecule has 2 aromatic rings. The minimum atomic E-state index is 0.482. The molecule has 1 aliphatic carbocycles. The molecule has 1 saturated heterocycles. The molecule has 0 N–H and O–H groups in total. The monoisotopic (exact) mass is 418 g/mol. The first-order chi connectivity index (χ1) is 12.7. The van der Waals surface area contributed by atoms with Crippen molar-refractivity contribution < 1.29 is 9.15 Å². The van der Waals surface area contributed by atoms with Crippen LogP contribution >= 0.6 is 15.9 Å². The van der Waals surface area contributed by atoms with Crippen molar-refractivity contribution in [2.45, 2.75) is 57.0 Å². The number of oxazole rings is 1. The number of nitrogens with zero attached hydrogens (tertiary/aromatic N) is 2. The van der Waals surface area contributed by atoms with E-state index in [4.69, 9.17) is 9.15 Å². The van der Waals surface area contributed by atoms with Crippen LogP contribution in [0, 0.1) is 6.92 Å². The maximum absolute atomic E-state index is 5.82. The minimum absolute atomic E-state index is 0.482. The molecule has 1 saturated carbocycles. The number of hydrogen-bond donors (Lipinski definition) is 0. The second-order valence-electron chi connectivity index (χ2n) is 7.61. The number of aryl methyl sites for hydroxylation is 1. The highest BCUT2D eigenvalue weighted by Crippen LogP contribution is 2.35. The van der Waals surface area contributed by atoms with Gasteiger partial charge in [0.25, 0.3) is 0 Å². The van der Waals surface area contributed by atoms with Crippen molar-refractivity contribution in [1.82, 2.24) is 9.88 Å². The lowest BCUT2D eigenvalue weighted by Gasteiger charge is -2.43. The van der Waals surface area contributed by atoms with Gasteiger partial charge in [-0.2, -0.15) is 0 Å². The number of benzene rings is 1. The summed E-state index contributed by atoms with van der Waals surface area (Å²) in [7, 11) is 0. The fourth-order valence-electron chi connectivity index (χ4n) is 4.43. The fourth-order valence-corrected chi connectivity index (χ4v) is 4.70. The van der Waals surface area contributed by atoms with Crippen LogP contribution in [0.3, 0.4) is 0 Å². The lowest BCUT2D eigenvalue weighted by molar-refractivity contribution is -0.0370. The van der Waals surface area contributed by atoms with Crippen LogP contribution in [0.15, 0.2) is 39.4 Å². The van der Waals surface area contributed by atoms with Gasteiger partial charge in [-0.3, -0.25) is 4.90 Å². The molecule has 4 rings (SSSR count). The van der Waals surface area contributed by atoms with Crippen molar-refractivity contribution in [1.29, 1.82) is 0 Å². The highest BCUT2D eigenvalue weighted by atomic mass is 79.9. The molecule has 26 heavy (non-hydrogen) atoms. The Morgan fingerprint density at radius 1 is 1.15 bits per heavy atom. The van der Waals surface area contributed by atoms with Gasteiger partial charge in [0.05, 0.1) is 19.4 Å². The molecule has 5 heteroatoms. The van der Waals surface area contributed by atoms with Crippen LogP contribution in [0.1, 0.15) is 48.8 Å². The molecule has 0 unspecified atom stereocenters. The number of aromatic nitrogens is 1. The van der Waals surface area contributed by atoms with Crippen LogP contribution in [0.5, 0.6) is 0 Å². The van der Waals surface area contributed by atoms with E-state index < -0.39 is 0 Å². The molecule has 0 spiro atoms. The SMILES string of the molecule is Cc1cnc(C2CCC(N3CCOC[C@@H]3Cc3ccc(Br)cc3)CC2)o1. The highest BCUT2D eigenvalue weighted by Gasteiger charge is 2.33. The summed E-state index contributed by atoms with van der Waals surface area (Å²) in [4.78, 5) is 7.16. The van der Waals surface area contributed by atoms with Gasteiger partial charge in [-0.1, -0.05) is 28.1 Å². The van der Waals surface area contributed by atoms with Crippen LogP contribution in [-0.2, 0) is 11.2 Å². The third kappa shape index (κ3) is 4.21. The van der Waals surface area contributed by atoms with E-state index in [0.717, 1.165) is 42.3 Å². The topological polar surface area (TPSA) is 38.5 Å². The molecule has 0 radical (unpaired) electrons. The average Bonchev–Trinajstić information content (AvgIpc) is 3.11. The first-order valence-corrected chi connectivity index (χ1v) is 10.5. The number of ether oxygens (including phenoxy) is 1. The summed E-state index contributed by atoms with van der Waals surface area (Å²) in [5, 5.41) is 0. The molecular weight excluding hydrogens is 392 g/mol. The van der Waals surface area contributed by atoms with E-state index in [-0.39, 0.29) is 0 Å². The van der Waals surface area contributed by atoms with Gasteiger partial charge in [0, 0.05) is 29.0 Å². The van der Waals surface area contributed by atoms with Gasteiger partial charge < -0.3 is 9.15 Å². The summed E-state index contributed by atoms with van der Waals surface area (Å²) < 4.78 is 12.7. The van der Waals surface area contributed by atoms with Gasteiger partial charge in [-0.05, 0) is 56.7 Å².